The molecule has 1 heterocycles. The van der Waals surface area contributed by atoms with E-state index in [-0.39, 0.29) is 23.8 Å². The van der Waals surface area contributed by atoms with E-state index in [4.69, 9.17) is 0 Å². The maximum atomic E-state index is 12.7. The van der Waals surface area contributed by atoms with Crippen LogP contribution in [0.4, 0.5) is 0 Å². The Morgan fingerprint density at radius 2 is 1.72 bits per heavy atom. The Morgan fingerprint density at radius 1 is 1.03 bits per heavy atom. The predicted octanol–water partition coefficient (Wildman–Crippen LogP) is 3.02. The van der Waals surface area contributed by atoms with Crippen molar-refractivity contribution in [2.75, 3.05) is 0 Å². The first-order chi connectivity index (χ1) is 15.5. The smallest absolute Gasteiger partial charge is 0.326 e. The molecular formula is C25H27N3O4. The lowest BCUT2D eigenvalue weighted by Crippen LogP contribution is -2.45. The Hall–Kier alpha value is -3.48. The summed E-state index contributed by atoms with van der Waals surface area (Å²) in [6.07, 6.45) is 4.86. The summed E-state index contributed by atoms with van der Waals surface area (Å²) >= 11 is 0. The van der Waals surface area contributed by atoms with Crippen molar-refractivity contribution in [2.24, 2.45) is 11.8 Å². The number of nitrogens with one attached hydrogen (secondary N) is 1. The number of benzene rings is 2. The third kappa shape index (κ3) is 5.04. The fraction of sp³-hybridized carbons (Fsp3) is 0.360. The largest absolute Gasteiger partial charge is 0.480 e. The zero-order valence-electron chi connectivity index (χ0n) is 17.8. The highest BCUT2D eigenvalue weighted by Gasteiger charge is 2.29. The van der Waals surface area contributed by atoms with Gasteiger partial charge in [-0.2, -0.15) is 0 Å². The van der Waals surface area contributed by atoms with E-state index in [2.05, 4.69) is 10.3 Å². The van der Waals surface area contributed by atoms with Crippen LogP contribution >= 0.6 is 0 Å². The molecule has 0 bridgehead atoms. The number of carbonyl (C=O) groups is 2. The van der Waals surface area contributed by atoms with Crippen LogP contribution in [0.5, 0.6) is 0 Å². The van der Waals surface area contributed by atoms with Gasteiger partial charge in [0.05, 0.1) is 17.2 Å². The number of nitrogens with zero attached hydrogens (tertiary/aromatic N) is 2. The highest BCUT2D eigenvalue weighted by Crippen LogP contribution is 2.30. The fourth-order valence-electron chi connectivity index (χ4n) is 4.46. The Morgan fingerprint density at radius 3 is 2.44 bits per heavy atom. The highest BCUT2D eigenvalue weighted by molar-refractivity contribution is 5.85. The van der Waals surface area contributed by atoms with Gasteiger partial charge in [-0.15, -0.1) is 0 Å². The Bertz CT molecular complexity index is 1150. The van der Waals surface area contributed by atoms with Gasteiger partial charge >= 0.3 is 5.97 Å². The molecule has 7 heteroatoms. The molecule has 1 aromatic heterocycles. The zero-order chi connectivity index (χ0) is 22.5. The van der Waals surface area contributed by atoms with Crippen LogP contribution in [0.25, 0.3) is 10.9 Å². The molecular weight excluding hydrogens is 406 g/mol. The second kappa shape index (κ2) is 9.77. The molecule has 2 aromatic carbocycles. The first kappa shape index (κ1) is 21.7. The van der Waals surface area contributed by atoms with Crippen LogP contribution in [-0.4, -0.2) is 32.6 Å². The van der Waals surface area contributed by atoms with E-state index in [0.29, 0.717) is 36.2 Å². The van der Waals surface area contributed by atoms with E-state index in [1.807, 2.05) is 48.5 Å². The molecule has 0 saturated heterocycles. The second-order valence-corrected chi connectivity index (χ2v) is 8.53. The number of aliphatic carboxylic acids is 1. The van der Waals surface area contributed by atoms with Crippen molar-refractivity contribution in [1.82, 2.24) is 14.9 Å². The fourth-order valence-corrected chi connectivity index (χ4v) is 4.46. The van der Waals surface area contributed by atoms with Gasteiger partial charge in [-0.05, 0) is 49.3 Å². The maximum Gasteiger partial charge on any atom is 0.326 e. The molecule has 7 nitrogen and oxygen atoms in total. The molecule has 1 unspecified atom stereocenters. The van der Waals surface area contributed by atoms with Crippen molar-refractivity contribution in [3.63, 3.8) is 0 Å². The van der Waals surface area contributed by atoms with Gasteiger partial charge in [-0.3, -0.25) is 14.2 Å². The van der Waals surface area contributed by atoms with Crippen molar-refractivity contribution in [2.45, 2.75) is 44.7 Å². The molecule has 1 saturated carbocycles. The number of aromatic nitrogens is 2. The summed E-state index contributed by atoms with van der Waals surface area (Å²) in [4.78, 5) is 41.5. The van der Waals surface area contributed by atoms with Crippen LogP contribution in [0.1, 0.15) is 31.2 Å². The Kier molecular flexibility index (Phi) is 6.63. The number of rotatable bonds is 7. The summed E-state index contributed by atoms with van der Waals surface area (Å²) < 4.78 is 1.66. The van der Waals surface area contributed by atoms with Crippen molar-refractivity contribution in [3.05, 3.63) is 76.8 Å². The van der Waals surface area contributed by atoms with E-state index in [0.717, 1.165) is 18.4 Å². The second-order valence-electron chi connectivity index (χ2n) is 8.53. The number of hydrogen-bond acceptors (Lipinski definition) is 4. The molecule has 1 aliphatic carbocycles. The average Bonchev–Trinajstić information content (AvgIpc) is 2.81. The van der Waals surface area contributed by atoms with E-state index in [1.165, 1.54) is 0 Å². The standard InChI is InChI=1S/C25H27N3O4/c29-23(27-22(25(31)32)14-17-6-2-1-3-7-17)19-12-10-18(11-13-19)15-28-16-26-21-9-5-4-8-20(21)24(28)30/h1-9,16,18-19,22H,10-15H2,(H,27,29)(H,31,32). The summed E-state index contributed by atoms with van der Waals surface area (Å²) in [5.74, 6) is -1.13. The van der Waals surface area contributed by atoms with Gasteiger partial charge in [0.15, 0.2) is 0 Å². The van der Waals surface area contributed by atoms with Crippen molar-refractivity contribution in [3.8, 4) is 0 Å². The predicted molar refractivity (Wildman–Crippen MR) is 121 cm³/mol. The van der Waals surface area contributed by atoms with E-state index >= 15 is 0 Å². The van der Waals surface area contributed by atoms with Crippen LogP contribution in [0, 0.1) is 11.8 Å². The van der Waals surface area contributed by atoms with Gasteiger partial charge < -0.3 is 10.4 Å². The molecule has 1 atom stereocenters. The van der Waals surface area contributed by atoms with Crippen molar-refractivity contribution < 1.29 is 14.7 Å². The normalized spacial score (nSPS) is 19.4. The number of para-hydroxylation sites is 1. The highest BCUT2D eigenvalue weighted by atomic mass is 16.4. The lowest BCUT2D eigenvalue weighted by atomic mass is 9.81. The quantitative estimate of drug-likeness (QED) is 0.596. The van der Waals surface area contributed by atoms with Gasteiger partial charge in [0.2, 0.25) is 5.91 Å². The molecule has 0 spiro atoms. The minimum atomic E-state index is -1.03. The molecule has 1 fully saturated rings. The third-order valence-electron chi connectivity index (χ3n) is 6.30. The zero-order valence-corrected chi connectivity index (χ0v) is 17.8. The van der Waals surface area contributed by atoms with Gasteiger partial charge in [0.25, 0.3) is 5.56 Å². The lowest BCUT2D eigenvalue weighted by molar-refractivity contribution is -0.142. The molecule has 1 amide bonds. The van der Waals surface area contributed by atoms with Crippen LogP contribution in [0.15, 0.2) is 65.7 Å². The number of fused-ring (bicyclic) bond motifs is 1. The van der Waals surface area contributed by atoms with E-state index in [1.54, 1.807) is 17.0 Å². The van der Waals surface area contributed by atoms with Gasteiger partial charge in [0, 0.05) is 18.9 Å². The summed E-state index contributed by atoms with van der Waals surface area (Å²) in [6, 6.07) is 15.7. The van der Waals surface area contributed by atoms with E-state index < -0.39 is 12.0 Å². The number of carbonyl (C=O) groups excluding carboxylic acids is 1. The molecule has 166 valence electrons. The molecule has 1 aliphatic rings. The monoisotopic (exact) mass is 433 g/mol. The van der Waals surface area contributed by atoms with Crippen molar-refractivity contribution in [1.29, 1.82) is 0 Å². The summed E-state index contributed by atoms with van der Waals surface area (Å²) in [6.45, 7) is 0.580. The molecule has 0 radical (unpaired) electrons. The number of carboxylic acids is 1. The molecule has 4 rings (SSSR count). The summed E-state index contributed by atoms with van der Waals surface area (Å²) in [5.41, 5.74) is 1.52. The third-order valence-corrected chi connectivity index (χ3v) is 6.30. The SMILES string of the molecule is O=C(NC(Cc1ccccc1)C(=O)O)C1CCC(Cn2cnc3ccccc3c2=O)CC1. The van der Waals surface area contributed by atoms with E-state index in [9.17, 15) is 19.5 Å². The molecule has 3 aromatic rings. The molecule has 0 aliphatic heterocycles. The average molecular weight is 434 g/mol. The van der Waals surface area contributed by atoms with Crippen LogP contribution in [0.2, 0.25) is 0 Å². The first-order valence-corrected chi connectivity index (χ1v) is 11.0. The van der Waals surface area contributed by atoms with Crippen LogP contribution in [-0.2, 0) is 22.6 Å². The maximum absolute atomic E-state index is 12.7. The minimum absolute atomic E-state index is 0.0410. The molecule has 2 N–H and O–H groups in total. The Labute approximate surface area is 186 Å². The summed E-state index contributed by atoms with van der Waals surface area (Å²) in [5, 5.41) is 12.9. The van der Waals surface area contributed by atoms with Crippen LogP contribution < -0.4 is 10.9 Å². The van der Waals surface area contributed by atoms with Crippen molar-refractivity contribution >= 4 is 22.8 Å². The topological polar surface area (TPSA) is 101 Å². The van der Waals surface area contributed by atoms with Gasteiger partial charge in [0.1, 0.15) is 6.04 Å². The number of amides is 1. The lowest BCUT2D eigenvalue weighted by Gasteiger charge is -2.29. The van der Waals surface area contributed by atoms with Gasteiger partial charge in [-0.25, -0.2) is 9.78 Å². The number of carboxylic acid groups (broad SMARTS) is 1. The van der Waals surface area contributed by atoms with Gasteiger partial charge in [-0.1, -0.05) is 42.5 Å². The van der Waals surface area contributed by atoms with Crippen LogP contribution in [0.3, 0.4) is 0 Å². The number of hydrogen-bond donors (Lipinski definition) is 2. The summed E-state index contributed by atoms with van der Waals surface area (Å²) in [7, 11) is 0. The first-order valence-electron chi connectivity index (χ1n) is 11.0. The molecule has 32 heavy (non-hydrogen) atoms. The Balaban J connectivity index is 1.33. The minimum Gasteiger partial charge on any atom is -0.480 e.